The number of aliphatic carboxylic acids is 1. The summed E-state index contributed by atoms with van der Waals surface area (Å²) in [6.07, 6.45) is 0.396. The van der Waals surface area contributed by atoms with Crippen molar-refractivity contribution in [2.75, 3.05) is 19.6 Å². The van der Waals surface area contributed by atoms with E-state index < -0.39 is 35.8 Å². The van der Waals surface area contributed by atoms with E-state index in [4.69, 9.17) is 11.5 Å². The molecule has 2 atom stereocenters. The van der Waals surface area contributed by atoms with Crippen molar-refractivity contribution in [3.8, 4) is 0 Å². The van der Waals surface area contributed by atoms with Crippen molar-refractivity contribution < 1.29 is 29.1 Å². The second-order valence-corrected chi connectivity index (χ2v) is 6.94. The van der Waals surface area contributed by atoms with Crippen LogP contribution in [0.2, 0.25) is 0 Å². The fraction of sp³-hybridized carbons (Fsp3) is 0.450. The maximum atomic E-state index is 12.8. The lowest BCUT2D eigenvalue weighted by Gasteiger charge is -2.20. The summed E-state index contributed by atoms with van der Waals surface area (Å²) in [6.45, 7) is -0.358. The number of hydrogen-bond acceptors (Lipinski definition) is 6. The summed E-state index contributed by atoms with van der Waals surface area (Å²) in [5, 5.41) is 16.6. The highest BCUT2D eigenvalue weighted by Gasteiger charge is 2.27. The van der Waals surface area contributed by atoms with Crippen LogP contribution in [0.15, 0.2) is 30.3 Å². The molecule has 0 aromatic heterocycles. The van der Waals surface area contributed by atoms with E-state index in [9.17, 15) is 29.1 Å². The van der Waals surface area contributed by atoms with Crippen molar-refractivity contribution in [1.29, 1.82) is 0 Å². The molecule has 0 heterocycles. The summed E-state index contributed by atoms with van der Waals surface area (Å²) < 4.78 is 0. The molecule has 170 valence electrons. The van der Waals surface area contributed by atoms with Crippen LogP contribution in [-0.2, 0) is 25.6 Å². The third-order valence-electron chi connectivity index (χ3n) is 4.42. The Morgan fingerprint density at radius 1 is 1.03 bits per heavy atom. The zero-order valence-corrected chi connectivity index (χ0v) is 17.1. The SMILES string of the molecule is NCC(=O)NCC(=O)C[C@@H](Cc1ccccc1)C(=O)N[C@@H](CCCNC(N)=O)C(=O)O. The number of nitrogens with two attached hydrogens (primary N) is 2. The first-order chi connectivity index (χ1) is 14.7. The number of rotatable bonds is 14. The second-order valence-electron chi connectivity index (χ2n) is 6.94. The van der Waals surface area contributed by atoms with Crippen LogP contribution in [0.5, 0.6) is 0 Å². The van der Waals surface area contributed by atoms with Gasteiger partial charge in [-0.25, -0.2) is 9.59 Å². The van der Waals surface area contributed by atoms with E-state index in [-0.39, 0.29) is 51.1 Å². The first-order valence-electron chi connectivity index (χ1n) is 9.81. The van der Waals surface area contributed by atoms with Gasteiger partial charge in [0, 0.05) is 18.9 Å². The molecule has 11 heteroatoms. The summed E-state index contributed by atoms with van der Waals surface area (Å²) in [4.78, 5) is 58.5. The molecule has 1 aromatic rings. The molecule has 11 nitrogen and oxygen atoms in total. The van der Waals surface area contributed by atoms with Gasteiger partial charge in [-0.15, -0.1) is 0 Å². The van der Waals surface area contributed by atoms with E-state index >= 15 is 0 Å². The summed E-state index contributed by atoms with van der Waals surface area (Å²) in [5.74, 6) is -3.51. The minimum absolute atomic E-state index is 0.0694. The van der Waals surface area contributed by atoms with Crippen LogP contribution in [-0.4, -0.2) is 60.4 Å². The standard InChI is InChI=1S/C20H29N5O6/c21-11-17(27)24-12-15(26)10-14(9-13-5-2-1-3-6-13)18(28)25-16(19(29)30)7-4-8-23-20(22)31/h1-3,5-6,14,16H,4,7-12,21H2,(H,24,27)(H,25,28)(H,29,30)(H3,22,23,31)/t14-,16+/m1/s1. The van der Waals surface area contributed by atoms with Crippen LogP contribution in [0.4, 0.5) is 4.79 Å². The average Bonchev–Trinajstić information content (AvgIpc) is 2.73. The number of amides is 4. The van der Waals surface area contributed by atoms with Crippen LogP contribution in [0, 0.1) is 5.92 Å². The van der Waals surface area contributed by atoms with Crippen LogP contribution in [0.1, 0.15) is 24.8 Å². The molecule has 0 aliphatic rings. The first-order valence-corrected chi connectivity index (χ1v) is 9.81. The monoisotopic (exact) mass is 435 g/mol. The zero-order valence-electron chi connectivity index (χ0n) is 17.1. The maximum absolute atomic E-state index is 12.8. The topological polar surface area (TPSA) is 194 Å². The Bertz CT molecular complexity index is 771. The average molecular weight is 435 g/mol. The molecular weight excluding hydrogens is 406 g/mol. The summed E-state index contributed by atoms with van der Waals surface area (Å²) in [5.41, 5.74) is 11.0. The van der Waals surface area contributed by atoms with Gasteiger partial charge in [-0.3, -0.25) is 14.4 Å². The molecule has 1 aromatic carbocycles. The minimum Gasteiger partial charge on any atom is -0.480 e. The molecule has 0 spiro atoms. The number of ketones is 1. The smallest absolute Gasteiger partial charge is 0.326 e. The molecule has 0 aliphatic carbocycles. The minimum atomic E-state index is -1.23. The molecule has 0 saturated heterocycles. The number of nitrogens with one attached hydrogen (secondary N) is 3. The lowest BCUT2D eigenvalue weighted by molar-refractivity contribution is -0.142. The molecule has 8 N–H and O–H groups in total. The molecule has 0 fully saturated rings. The molecular formula is C20H29N5O6. The number of hydrogen-bond donors (Lipinski definition) is 6. The Hall–Kier alpha value is -3.47. The Labute approximate surface area is 179 Å². The molecule has 1 rings (SSSR count). The largest absolute Gasteiger partial charge is 0.480 e. The number of Topliss-reactive ketones (excluding diaryl/α,β-unsaturated/α-hetero) is 1. The molecule has 0 radical (unpaired) electrons. The lowest BCUT2D eigenvalue weighted by atomic mass is 9.92. The van der Waals surface area contributed by atoms with E-state index in [0.29, 0.717) is 0 Å². The Kier molecular flexibility index (Phi) is 11.3. The van der Waals surface area contributed by atoms with Gasteiger partial charge in [0.05, 0.1) is 13.1 Å². The van der Waals surface area contributed by atoms with Gasteiger partial charge in [-0.05, 0) is 24.8 Å². The van der Waals surface area contributed by atoms with Crippen molar-refractivity contribution in [3.05, 3.63) is 35.9 Å². The van der Waals surface area contributed by atoms with Gasteiger partial charge in [0.15, 0.2) is 5.78 Å². The summed E-state index contributed by atoms with van der Waals surface area (Å²) in [7, 11) is 0. The number of primary amides is 1. The predicted octanol–water partition coefficient (Wildman–Crippen LogP) is -1.10. The molecule has 0 saturated carbocycles. The van der Waals surface area contributed by atoms with E-state index in [1.54, 1.807) is 24.3 Å². The van der Waals surface area contributed by atoms with E-state index in [1.807, 2.05) is 6.07 Å². The van der Waals surface area contributed by atoms with Crippen molar-refractivity contribution >= 4 is 29.6 Å². The first kappa shape index (κ1) is 25.6. The highest BCUT2D eigenvalue weighted by molar-refractivity contribution is 5.91. The van der Waals surface area contributed by atoms with Crippen LogP contribution < -0.4 is 27.4 Å². The van der Waals surface area contributed by atoms with Crippen LogP contribution in [0.25, 0.3) is 0 Å². The van der Waals surface area contributed by atoms with Crippen molar-refractivity contribution in [2.45, 2.75) is 31.7 Å². The van der Waals surface area contributed by atoms with Gasteiger partial charge < -0.3 is 32.5 Å². The fourth-order valence-corrected chi connectivity index (χ4v) is 2.84. The van der Waals surface area contributed by atoms with Crippen molar-refractivity contribution in [1.82, 2.24) is 16.0 Å². The number of carbonyl (C=O) groups excluding carboxylic acids is 4. The Balaban J connectivity index is 2.79. The highest BCUT2D eigenvalue weighted by Crippen LogP contribution is 2.14. The van der Waals surface area contributed by atoms with Crippen molar-refractivity contribution in [2.24, 2.45) is 17.4 Å². The number of carbonyl (C=O) groups is 5. The van der Waals surface area contributed by atoms with Crippen molar-refractivity contribution in [3.63, 3.8) is 0 Å². The molecule has 0 aliphatic heterocycles. The summed E-state index contributed by atoms with van der Waals surface area (Å²) >= 11 is 0. The number of carboxylic acid groups (broad SMARTS) is 1. The van der Waals surface area contributed by atoms with Gasteiger partial charge in [0.25, 0.3) is 0 Å². The van der Waals surface area contributed by atoms with Crippen LogP contribution in [0.3, 0.4) is 0 Å². The van der Waals surface area contributed by atoms with Crippen LogP contribution >= 0.6 is 0 Å². The fourth-order valence-electron chi connectivity index (χ4n) is 2.84. The van der Waals surface area contributed by atoms with E-state index in [0.717, 1.165) is 5.56 Å². The van der Waals surface area contributed by atoms with Gasteiger partial charge in [-0.2, -0.15) is 0 Å². The molecule has 0 unspecified atom stereocenters. The Morgan fingerprint density at radius 3 is 2.29 bits per heavy atom. The van der Waals surface area contributed by atoms with Gasteiger partial charge in [-0.1, -0.05) is 30.3 Å². The zero-order chi connectivity index (χ0) is 23.2. The van der Waals surface area contributed by atoms with Gasteiger partial charge in [0.2, 0.25) is 11.8 Å². The number of carboxylic acids is 1. The van der Waals surface area contributed by atoms with Gasteiger partial charge in [0.1, 0.15) is 6.04 Å². The molecule has 4 amide bonds. The van der Waals surface area contributed by atoms with Gasteiger partial charge >= 0.3 is 12.0 Å². The number of benzene rings is 1. The number of urea groups is 1. The highest BCUT2D eigenvalue weighted by atomic mass is 16.4. The predicted molar refractivity (Wildman–Crippen MR) is 112 cm³/mol. The quantitative estimate of drug-likeness (QED) is 0.199. The summed E-state index contributed by atoms with van der Waals surface area (Å²) in [6, 6.07) is 7.08. The second kappa shape index (κ2) is 13.7. The third kappa shape index (κ3) is 10.8. The molecule has 31 heavy (non-hydrogen) atoms. The lowest BCUT2D eigenvalue weighted by Crippen LogP contribution is -2.45. The van der Waals surface area contributed by atoms with E-state index in [2.05, 4.69) is 16.0 Å². The molecule has 0 bridgehead atoms. The maximum Gasteiger partial charge on any atom is 0.326 e. The van der Waals surface area contributed by atoms with E-state index in [1.165, 1.54) is 0 Å². The normalized spacial score (nSPS) is 12.3. The Morgan fingerprint density at radius 2 is 1.71 bits per heavy atom. The third-order valence-corrected chi connectivity index (χ3v) is 4.42.